The molecule has 1 amide bonds. The van der Waals surface area contributed by atoms with Crippen LogP contribution in [0.15, 0.2) is 54.6 Å². The lowest BCUT2D eigenvalue weighted by atomic mass is 9.95. The lowest BCUT2D eigenvalue weighted by Gasteiger charge is -2.33. The third-order valence-electron chi connectivity index (χ3n) is 5.18. The summed E-state index contributed by atoms with van der Waals surface area (Å²) in [5.74, 6) is -0.0180. The molecule has 0 saturated carbocycles. The lowest BCUT2D eigenvalue weighted by molar-refractivity contribution is -0.128. The average Bonchev–Trinajstić information content (AvgIpc) is 2.69. The SMILES string of the molecule is CC(NC(=O)C1CCCN(Cc2ccccc2)C1)C(O)c1ccc(Cl)cc1. The molecule has 144 valence electrons. The summed E-state index contributed by atoms with van der Waals surface area (Å²) in [4.78, 5) is 15.1. The maximum Gasteiger partial charge on any atom is 0.224 e. The van der Waals surface area contributed by atoms with E-state index in [1.54, 1.807) is 24.3 Å². The fourth-order valence-corrected chi connectivity index (χ4v) is 3.75. The highest BCUT2D eigenvalue weighted by atomic mass is 35.5. The first-order chi connectivity index (χ1) is 13.0. The Labute approximate surface area is 166 Å². The number of halogens is 1. The normalized spacial score (nSPS) is 20.0. The zero-order valence-corrected chi connectivity index (χ0v) is 16.4. The average molecular weight is 387 g/mol. The second kappa shape index (κ2) is 9.36. The number of aliphatic hydroxyl groups excluding tert-OH is 1. The molecule has 1 saturated heterocycles. The van der Waals surface area contributed by atoms with E-state index >= 15 is 0 Å². The van der Waals surface area contributed by atoms with Crippen LogP contribution in [0.3, 0.4) is 0 Å². The van der Waals surface area contributed by atoms with Crippen molar-refractivity contribution >= 4 is 17.5 Å². The summed E-state index contributed by atoms with van der Waals surface area (Å²) < 4.78 is 0. The summed E-state index contributed by atoms with van der Waals surface area (Å²) in [6.45, 7) is 4.47. The predicted octanol–water partition coefficient (Wildman–Crippen LogP) is 3.79. The van der Waals surface area contributed by atoms with Crippen LogP contribution in [0.1, 0.15) is 37.0 Å². The molecule has 27 heavy (non-hydrogen) atoms. The van der Waals surface area contributed by atoms with E-state index in [1.807, 2.05) is 25.1 Å². The van der Waals surface area contributed by atoms with Gasteiger partial charge in [-0.05, 0) is 49.6 Å². The Balaban J connectivity index is 1.54. The fourth-order valence-electron chi connectivity index (χ4n) is 3.62. The van der Waals surface area contributed by atoms with Crippen LogP contribution in [0.4, 0.5) is 0 Å². The molecule has 5 heteroatoms. The summed E-state index contributed by atoms with van der Waals surface area (Å²) in [5, 5.41) is 14.1. The molecule has 2 aromatic carbocycles. The van der Waals surface area contributed by atoms with E-state index in [0.717, 1.165) is 38.0 Å². The Morgan fingerprint density at radius 2 is 1.93 bits per heavy atom. The molecular formula is C22H27ClN2O2. The van der Waals surface area contributed by atoms with Gasteiger partial charge < -0.3 is 10.4 Å². The van der Waals surface area contributed by atoms with Gasteiger partial charge in [-0.3, -0.25) is 9.69 Å². The highest BCUT2D eigenvalue weighted by Crippen LogP contribution is 2.22. The van der Waals surface area contributed by atoms with Gasteiger partial charge in [-0.2, -0.15) is 0 Å². The Kier molecular flexibility index (Phi) is 6.89. The summed E-state index contributed by atoms with van der Waals surface area (Å²) in [6.07, 6.45) is 1.15. The van der Waals surface area contributed by atoms with Crippen LogP contribution in [-0.2, 0) is 11.3 Å². The standard InChI is InChI=1S/C22H27ClN2O2/c1-16(21(26)18-9-11-20(23)12-10-18)24-22(27)19-8-5-13-25(15-19)14-17-6-3-2-4-7-17/h2-4,6-7,9-12,16,19,21,26H,5,8,13-15H2,1H3,(H,24,27). The number of hydrogen-bond acceptors (Lipinski definition) is 3. The number of nitrogens with zero attached hydrogens (tertiary/aromatic N) is 1. The van der Waals surface area contributed by atoms with E-state index in [-0.39, 0.29) is 17.9 Å². The minimum atomic E-state index is -0.754. The number of amides is 1. The van der Waals surface area contributed by atoms with Crippen molar-refractivity contribution in [2.24, 2.45) is 5.92 Å². The second-order valence-electron chi connectivity index (χ2n) is 7.35. The van der Waals surface area contributed by atoms with Crippen LogP contribution in [0, 0.1) is 5.92 Å². The minimum Gasteiger partial charge on any atom is -0.386 e. The van der Waals surface area contributed by atoms with Gasteiger partial charge in [-0.15, -0.1) is 0 Å². The van der Waals surface area contributed by atoms with Gasteiger partial charge in [0.1, 0.15) is 0 Å². The molecule has 0 radical (unpaired) electrons. The molecule has 2 aromatic rings. The fraction of sp³-hybridized carbons (Fsp3) is 0.409. The van der Waals surface area contributed by atoms with E-state index in [9.17, 15) is 9.90 Å². The highest BCUT2D eigenvalue weighted by Gasteiger charge is 2.28. The number of nitrogens with one attached hydrogen (secondary N) is 1. The van der Waals surface area contributed by atoms with E-state index in [4.69, 9.17) is 11.6 Å². The van der Waals surface area contributed by atoms with Crippen molar-refractivity contribution in [1.29, 1.82) is 0 Å². The van der Waals surface area contributed by atoms with Crippen molar-refractivity contribution in [1.82, 2.24) is 10.2 Å². The number of aliphatic hydroxyl groups is 1. The molecule has 0 bridgehead atoms. The molecule has 1 aliphatic rings. The van der Waals surface area contributed by atoms with E-state index in [2.05, 4.69) is 22.3 Å². The van der Waals surface area contributed by atoms with Gasteiger partial charge in [0, 0.05) is 18.1 Å². The molecule has 3 rings (SSSR count). The maximum atomic E-state index is 12.7. The smallest absolute Gasteiger partial charge is 0.224 e. The largest absolute Gasteiger partial charge is 0.386 e. The monoisotopic (exact) mass is 386 g/mol. The summed E-state index contributed by atoms with van der Waals surface area (Å²) >= 11 is 5.90. The summed E-state index contributed by atoms with van der Waals surface area (Å²) in [7, 11) is 0. The second-order valence-corrected chi connectivity index (χ2v) is 7.79. The molecule has 4 nitrogen and oxygen atoms in total. The van der Waals surface area contributed by atoms with Crippen LogP contribution in [0.5, 0.6) is 0 Å². The van der Waals surface area contributed by atoms with E-state index in [0.29, 0.717) is 5.02 Å². The molecule has 1 aliphatic heterocycles. The summed E-state index contributed by atoms with van der Waals surface area (Å²) in [6, 6.07) is 17.1. The first-order valence-electron chi connectivity index (χ1n) is 9.53. The zero-order chi connectivity index (χ0) is 19.2. The number of hydrogen-bond donors (Lipinski definition) is 2. The zero-order valence-electron chi connectivity index (χ0n) is 15.6. The van der Waals surface area contributed by atoms with Crippen molar-refractivity contribution in [2.75, 3.05) is 13.1 Å². The molecule has 0 aromatic heterocycles. The third-order valence-corrected chi connectivity index (χ3v) is 5.43. The molecule has 1 heterocycles. The Morgan fingerprint density at radius 1 is 1.22 bits per heavy atom. The Bertz CT molecular complexity index is 736. The van der Waals surface area contributed by atoms with Crippen molar-refractivity contribution in [3.8, 4) is 0 Å². The number of piperidine rings is 1. The molecule has 1 fully saturated rings. The van der Waals surface area contributed by atoms with Crippen molar-refractivity contribution in [3.05, 3.63) is 70.7 Å². The van der Waals surface area contributed by atoms with Crippen LogP contribution in [-0.4, -0.2) is 35.0 Å². The molecule has 0 spiro atoms. The topological polar surface area (TPSA) is 52.6 Å². The van der Waals surface area contributed by atoms with Crippen molar-refractivity contribution in [3.63, 3.8) is 0 Å². The van der Waals surface area contributed by atoms with Gasteiger partial charge in [-0.1, -0.05) is 54.1 Å². The number of rotatable bonds is 6. The maximum absolute atomic E-state index is 12.7. The third kappa shape index (κ3) is 5.55. The summed E-state index contributed by atoms with van der Waals surface area (Å²) in [5.41, 5.74) is 2.02. The number of likely N-dealkylation sites (tertiary alicyclic amines) is 1. The Morgan fingerprint density at radius 3 is 2.63 bits per heavy atom. The van der Waals surface area contributed by atoms with Gasteiger partial charge >= 0.3 is 0 Å². The van der Waals surface area contributed by atoms with Gasteiger partial charge in [0.25, 0.3) is 0 Å². The van der Waals surface area contributed by atoms with Gasteiger partial charge in [-0.25, -0.2) is 0 Å². The molecule has 3 unspecified atom stereocenters. The molecule has 3 atom stereocenters. The predicted molar refractivity (Wildman–Crippen MR) is 108 cm³/mol. The molecule has 2 N–H and O–H groups in total. The van der Waals surface area contributed by atoms with Gasteiger partial charge in [0.05, 0.1) is 18.1 Å². The van der Waals surface area contributed by atoms with Crippen LogP contribution in [0.25, 0.3) is 0 Å². The first kappa shape index (κ1) is 19.9. The molecule has 0 aliphatic carbocycles. The molecular weight excluding hydrogens is 360 g/mol. The van der Waals surface area contributed by atoms with Gasteiger partial charge in [0.15, 0.2) is 0 Å². The van der Waals surface area contributed by atoms with E-state index < -0.39 is 6.10 Å². The quantitative estimate of drug-likeness (QED) is 0.794. The number of carbonyl (C=O) groups is 1. The van der Waals surface area contributed by atoms with Crippen molar-refractivity contribution in [2.45, 2.75) is 38.5 Å². The van der Waals surface area contributed by atoms with E-state index in [1.165, 1.54) is 5.56 Å². The minimum absolute atomic E-state index is 0.0216. The highest BCUT2D eigenvalue weighted by molar-refractivity contribution is 6.30. The number of benzene rings is 2. The van der Waals surface area contributed by atoms with Gasteiger partial charge in [0.2, 0.25) is 5.91 Å². The van der Waals surface area contributed by atoms with Crippen LogP contribution in [0.2, 0.25) is 5.02 Å². The lowest BCUT2D eigenvalue weighted by Crippen LogP contribution is -2.46. The first-order valence-corrected chi connectivity index (χ1v) is 9.91. The van der Waals surface area contributed by atoms with Crippen LogP contribution >= 0.6 is 11.6 Å². The van der Waals surface area contributed by atoms with Crippen LogP contribution < -0.4 is 5.32 Å². The Hall–Kier alpha value is -1.88. The van der Waals surface area contributed by atoms with Crippen molar-refractivity contribution < 1.29 is 9.90 Å². The number of carbonyl (C=O) groups excluding carboxylic acids is 1.